The Balaban J connectivity index is 2.08. The molecular weight excluding hydrogens is 262 g/mol. The summed E-state index contributed by atoms with van der Waals surface area (Å²) in [5.74, 6) is 0. The van der Waals surface area contributed by atoms with Crippen molar-refractivity contribution in [3.8, 4) is 0 Å². The fourth-order valence-corrected chi connectivity index (χ4v) is 2.41. The second-order valence-corrected chi connectivity index (χ2v) is 5.42. The van der Waals surface area contributed by atoms with Crippen LogP contribution in [0.2, 0.25) is 0 Å². The SMILES string of the molecule is Cc1cc(C)c(NC(=O)N(C)Cc2ccncc2)c(C)c1. The molecule has 1 aromatic carbocycles. The van der Waals surface area contributed by atoms with E-state index in [0.29, 0.717) is 6.54 Å². The molecule has 0 aliphatic rings. The maximum Gasteiger partial charge on any atom is 0.321 e. The van der Waals surface area contributed by atoms with Gasteiger partial charge in [-0.15, -0.1) is 0 Å². The number of pyridine rings is 1. The molecule has 21 heavy (non-hydrogen) atoms. The molecule has 0 saturated heterocycles. The third kappa shape index (κ3) is 3.81. The molecule has 2 amide bonds. The van der Waals surface area contributed by atoms with Gasteiger partial charge in [-0.05, 0) is 49.6 Å². The lowest BCUT2D eigenvalue weighted by Crippen LogP contribution is -2.31. The Morgan fingerprint density at radius 2 is 1.71 bits per heavy atom. The van der Waals surface area contributed by atoms with Crippen molar-refractivity contribution in [2.75, 3.05) is 12.4 Å². The van der Waals surface area contributed by atoms with Crippen molar-refractivity contribution < 1.29 is 4.79 Å². The van der Waals surface area contributed by atoms with Crippen molar-refractivity contribution in [2.24, 2.45) is 0 Å². The van der Waals surface area contributed by atoms with Crippen LogP contribution in [-0.2, 0) is 6.54 Å². The first-order valence-electron chi connectivity index (χ1n) is 6.96. The van der Waals surface area contributed by atoms with E-state index in [4.69, 9.17) is 0 Å². The van der Waals surface area contributed by atoms with Gasteiger partial charge in [0.05, 0.1) is 0 Å². The number of aromatic nitrogens is 1. The van der Waals surface area contributed by atoms with Crippen LogP contribution in [-0.4, -0.2) is 23.0 Å². The summed E-state index contributed by atoms with van der Waals surface area (Å²) in [7, 11) is 1.79. The van der Waals surface area contributed by atoms with Crippen LogP contribution >= 0.6 is 0 Å². The number of hydrogen-bond donors (Lipinski definition) is 1. The van der Waals surface area contributed by atoms with Gasteiger partial charge in [-0.2, -0.15) is 0 Å². The summed E-state index contributed by atoms with van der Waals surface area (Å²) in [6.45, 7) is 6.64. The number of nitrogens with one attached hydrogen (secondary N) is 1. The number of carbonyl (C=O) groups is 1. The van der Waals surface area contributed by atoms with Gasteiger partial charge in [0.25, 0.3) is 0 Å². The number of carbonyl (C=O) groups excluding carboxylic acids is 1. The molecule has 2 aromatic rings. The summed E-state index contributed by atoms with van der Waals surface area (Å²) in [6, 6.07) is 7.86. The van der Waals surface area contributed by atoms with Gasteiger partial charge in [0, 0.05) is 31.7 Å². The van der Waals surface area contributed by atoms with E-state index in [2.05, 4.69) is 29.4 Å². The minimum atomic E-state index is -0.109. The van der Waals surface area contributed by atoms with Gasteiger partial charge < -0.3 is 10.2 Å². The number of rotatable bonds is 3. The lowest BCUT2D eigenvalue weighted by Gasteiger charge is -2.20. The van der Waals surface area contributed by atoms with Gasteiger partial charge in [-0.3, -0.25) is 4.98 Å². The first-order valence-corrected chi connectivity index (χ1v) is 6.96. The number of benzene rings is 1. The number of nitrogens with zero attached hydrogens (tertiary/aromatic N) is 2. The zero-order valence-electron chi connectivity index (χ0n) is 13.0. The molecule has 0 aliphatic heterocycles. The molecule has 1 N–H and O–H groups in total. The van der Waals surface area contributed by atoms with Crippen LogP contribution in [0.3, 0.4) is 0 Å². The van der Waals surface area contributed by atoms with Crippen molar-refractivity contribution in [3.05, 3.63) is 58.9 Å². The fraction of sp³-hybridized carbons (Fsp3) is 0.294. The highest BCUT2D eigenvalue weighted by Gasteiger charge is 2.12. The van der Waals surface area contributed by atoms with Gasteiger partial charge >= 0.3 is 6.03 Å². The Morgan fingerprint density at radius 1 is 1.14 bits per heavy atom. The summed E-state index contributed by atoms with van der Waals surface area (Å²) in [5.41, 5.74) is 5.32. The highest BCUT2D eigenvalue weighted by molar-refractivity contribution is 5.91. The van der Waals surface area contributed by atoms with E-state index in [1.54, 1.807) is 24.3 Å². The van der Waals surface area contributed by atoms with Crippen LogP contribution in [0.5, 0.6) is 0 Å². The van der Waals surface area contributed by atoms with Crippen LogP contribution in [0.15, 0.2) is 36.7 Å². The monoisotopic (exact) mass is 283 g/mol. The third-order valence-corrected chi connectivity index (χ3v) is 3.42. The summed E-state index contributed by atoms with van der Waals surface area (Å²) < 4.78 is 0. The maximum absolute atomic E-state index is 12.3. The Morgan fingerprint density at radius 3 is 2.29 bits per heavy atom. The highest BCUT2D eigenvalue weighted by Crippen LogP contribution is 2.22. The molecule has 0 unspecified atom stereocenters. The molecule has 0 fully saturated rings. The van der Waals surface area contributed by atoms with E-state index in [0.717, 1.165) is 22.4 Å². The highest BCUT2D eigenvalue weighted by atomic mass is 16.2. The van der Waals surface area contributed by atoms with Gasteiger partial charge in [0.15, 0.2) is 0 Å². The van der Waals surface area contributed by atoms with Crippen LogP contribution in [0.1, 0.15) is 22.3 Å². The van der Waals surface area contributed by atoms with Crippen LogP contribution in [0, 0.1) is 20.8 Å². The zero-order valence-corrected chi connectivity index (χ0v) is 13.0. The van der Waals surface area contributed by atoms with Gasteiger partial charge in [0.2, 0.25) is 0 Å². The Bertz CT molecular complexity index is 615. The third-order valence-electron chi connectivity index (χ3n) is 3.42. The number of amides is 2. The van der Waals surface area contributed by atoms with Crippen LogP contribution < -0.4 is 5.32 Å². The van der Waals surface area contributed by atoms with E-state index in [1.165, 1.54) is 5.56 Å². The minimum absolute atomic E-state index is 0.109. The predicted molar refractivity (Wildman–Crippen MR) is 85.4 cm³/mol. The summed E-state index contributed by atoms with van der Waals surface area (Å²) in [6.07, 6.45) is 3.46. The molecule has 4 nitrogen and oxygen atoms in total. The molecular formula is C17H21N3O. The lowest BCUT2D eigenvalue weighted by molar-refractivity contribution is 0.220. The molecule has 0 bridgehead atoms. The number of anilines is 1. The topological polar surface area (TPSA) is 45.2 Å². The van der Waals surface area contributed by atoms with E-state index in [-0.39, 0.29) is 6.03 Å². The van der Waals surface area contributed by atoms with Crippen molar-refractivity contribution in [2.45, 2.75) is 27.3 Å². The zero-order chi connectivity index (χ0) is 15.4. The average molecular weight is 283 g/mol. The second kappa shape index (κ2) is 6.39. The second-order valence-electron chi connectivity index (χ2n) is 5.42. The first kappa shape index (κ1) is 15.0. The Kier molecular flexibility index (Phi) is 4.58. The van der Waals surface area contributed by atoms with E-state index in [1.807, 2.05) is 26.0 Å². The van der Waals surface area contributed by atoms with Gasteiger partial charge in [0.1, 0.15) is 0 Å². The summed E-state index contributed by atoms with van der Waals surface area (Å²) >= 11 is 0. The number of hydrogen-bond acceptors (Lipinski definition) is 2. The normalized spacial score (nSPS) is 10.3. The first-order chi connectivity index (χ1) is 9.97. The largest absolute Gasteiger partial charge is 0.323 e. The van der Waals surface area contributed by atoms with Crippen molar-refractivity contribution >= 4 is 11.7 Å². The summed E-state index contributed by atoms with van der Waals surface area (Å²) in [5, 5.41) is 3.00. The molecule has 0 atom stereocenters. The Hall–Kier alpha value is -2.36. The number of aryl methyl sites for hydroxylation is 3. The molecule has 0 spiro atoms. The van der Waals surface area contributed by atoms with E-state index >= 15 is 0 Å². The van der Waals surface area contributed by atoms with Crippen molar-refractivity contribution in [1.29, 1.82) is 0 Å². The Labute approximate surface area is 125 Å². The van der Waals surface area contributed by atoms with Gasteiger partial charge in [-0.1, -0.05) is 17.7 Å². The maximum atomic E-state index is 12.3. The molecule has 0 radical (unpaired) electrons. The van der Waals surface area contributed by atoms with Crippen molar-refractivity contribution in [1.82, 2.24) is 9.88 Å². The summed E-state index contributed by atoms with van der Waals surface area (Å²) in [4.78, 5) is 17.9. The molecule has 110 valence electrons. The van der Waals surface area contributed by atoms with E-state index < -0.39 is 0 Å². The van der Waals surface area contributed by atoms with Crippen LogP contribution in [0.4, 0.5) is 10.5 Å². The molecule has 0 aliphatic carbocycles. The quantitative estimate of drug-likeness (QED) is 0.934. The molecule has 0 saturated carbocycles. The fourth-order valence-electron chi connectivity index (χ4n) is 2.41. The smallest absolute Gasteiger partial charge is 0.321 e. The lowest BCUT2D eigenvalue weighted by atomic mass is 10.1. The molecule has 1 heterocycles. The predicted octanol–water partition coefficient (Wildman–Crippen LogP) is 3.67. The minimum Gasteiger partial charge on any atom is -0.323 e. The number of urea groups is 1. The standard InChI is InChI=1S/C17H21N3O/c1-12-9-13(2)16(14(3)10-12)19-17(21)20(4)11-15-5-7-18-8-6-15/h5-10H,11H2,1-4H3,(H,19,21). The molecule has 4 heteroatoms. The van der Waals surface area contributed by atoms with E-state index in [9.17, 15) is 4.79 Å². The van der Waals surface area contributed by atoms with Crippen LogP contribution in [0.25, 0.3) is 0 Å². The van der Waals surface area contributed by atoms with Crippen molar-refractivity contribution in [3.63, 3.8) is 0 Å². The molecule has 1 aromatic heterocycles. The van der Waals surface area contributed by atoms with Gasteiger partial charge in [-0.25, -0.2) is 4.79 Å². The average Bonchev–Trinajstić information content (AvgIpc) is 2.43. The molecule has 2 rings (SSSR count).